The number of halogens is 2. The van der Waals surface area contributed by atoms with Crippen LogP contribution in [0.4, 0.5) is 4.39 Å². The van der Waals surface area contributed by atoms with E-state index in [0.717, 1.165) is 0 Å². The first kappa shape index (κ1) is 19.7. The highest BCUT2D eigenvalue weighted by molar-refractivity contribution is 14.1. The first-order chi connectivity index (χ1) is 12.5. The fourth-order valence-corrected chi connectivity index (χ4v) is 3.01. The molecule has 0 radical (unpaired) electrons. The van der Waals surface area contributed by atoms with Crippen molar-refractivity contribution in [3.8, 4) is 17.6 Å². The maximum Gasteiger partial charge on any atom is 0.341 e. The standard InChI is InChI=1S/C19H15FINO4/c1-2-25-17-9-12(8-16(21)19(17)26-11-18(23)24)7-13(10-22)14-5-3-4-6-15(14)20/h3-9H,2,11H2,1H3,(H,23,24)/b13-7-. The van der Waals surface area contributed by atoms with Gasteiger partial charge in [-0.2, -0.15) is 5.26 Å². The average Bonchev–Trinajstić information content (AvgIpc) is 2.59. The summed E-state index contributed by atoms with van der Waals surface area (Å²) >= 11 is 1.99. The maximum atomic E-state index is 14.0. The quantitative estimate of drug-likeness (QED) is 0.372. The molecule has 2 aromatic carbocycles. The number of hydrogen-bond acceptors (Lipinski definition) is 4. The third-order valence-electron chi connectivity index (χ3n) is 3.27. The molecular weight excluding hydrogens is 452 g/mol. The van der Waals surface area contributed by atoms with Crippen LogP contribution in [-0.4, -0.2) is 24.3 Å². The zero-order valence-corrected chi connectivity index (χ0v) is 16.0. The Hall–Kier alpha value is -2.60. The number of rotatable bonds is 7. The molecular formula is C19H15FINO4. The number of nitrogens with zero attached hydrogens (tertiary/aromatic N) is 1. The van der Waals surface area contributed by atoms with E-state index in [1.54, 1.807) is 37.3 Å². The van der Waals surface area contributed by atoms with Gasteiger partial charge in [0.25, 0.3) is 0 Å². The van der Waals surface area contributed by atoms with E-state index in [9.17, 15) is 14.4 Å². The molecule has 0 saturated heterocycles. The van der Waals surface area contributed by atoms with E-state index >= 15 is 0 Å². The van der Waals surface area contributed by atoms with Crippen molar-refractivity contribution in [2.45, 2.75) is 6.92 Å². The van der Waals surface area contributed by atoms with Gasteiger partial charge in [0, 0.05) is 5.56 Å². The number of aliphatic carboxylic acids is 1. The summed E-state index contributed by atoms with van der Waals surface area (Å²) < 4.78 is 25.4. The van der Waals surface area contributed by atoms with Crippen LogP contribution in [0.25, 0.3) is 11.6 Å². The maximum absolute atomic E-state index is 14.0. The monoisotopic (exact) mass is 467 g/mol. The number of carboxylic acids is 1. The van der Waals surface area contributed by atoms with Crippen LogP contribution in [0.3, 0.4) is 0 Å². The smallest absolute Gasteiger partial charge is 0.341 e. The lowest BCUT2D eigenvalue weighted by molar-refractivity contribution is -0.139. The van der Waals surface area contributed by atoms with Crippen molar-refractivity contribution >= 4 is 40.2 Å². The number of ether oxygens (including phenoxy) is 2. The molecule has 134 valence electrons. The van der Waals surface area contributed by atoms with Gasteiger partial charge in [0.1, 0.15) is 5.82 Å². The van der Waals surface area contributed by atoms with E-state index < -0.39 is 18.4 Å². The van der Waals surface area contributed by atoms with Crippen LogP contribution in [0.1, 0.15) is 18.1 Å². The molecule has 0 fully saturated rings. The Bertz CT molecular complexity index is 890. The molecule has 0 heterocycles. The minimum absolute atomic E-state index is 0.167. The molecule has 0 amide bonds. The number of nitriles is 1. The lowest BCUT2D eigenvalue weighted by Gasteiger charge is -2.14. The summed E-state index contributed by atoms with van der Waals surface area (Å²) in [5.41, 5.74) is 0.982. The molecule has 2 rings (SSSR count). The summed E-state index contributed by atoms with van der Waals surface area (Å²) in [5, 5.41) is 18.2. The third kappa shape index (κ3) is 4.95. The van der Waals surface area contributed by atoms with Gasteiger partial charge in [0.05, 0.1) is 21.8 Å². The minimum Gasteiger partial charge on any atom is -0.490 e. The topological polar surface area (TPSA) is 79.5 Å². The highest BCUT2D eigenvalue weighted by atomic mass is 127. The highest BCUT2D eigenvalue weighted by Gasteiger charge is 2.14. The van der Waals surface area contributed by atoms with Crippen molar-refractivity contribution in [1.29, 1.82) is 5.26 Å². The zero-order valence-electron chi connectivity index (χ0n) is 13.8. The van der Waals surface area contributed by atoms with Gasteiger partial charge in [0.2, 0.25) is 0 Å². The Balaban J connectivity index is 2.48. The van der Waals surface area contributed by atoms with Crippen LogP contribution < -0.4 is 9.47 Å². The Morgan fingerprint density at radius 1 is 1.35 bits per heavy atom. The van der Waals surface area contributed by atoms with Crippen LogP contribution in [0.5, 0.6) is 11.5 Å². The molecule has 7 heteroatoms. The highest BCUT2D eigenvalue weighted by Crippen LogP contribution is 2.35. The van der Waals surface area contributed by atoms with Crippen molar-refractivity contribution in [1.82, 2.24) is 0 Å². The Morgan fingerprint density at radius 2 is 2.08 bits per heavy atom. The first-order valence-electron chi connectivity index (χ1n) is 7.63. The average molecular weight is 467 g/mol. The number of allylic oxidation sites excluding steroid dienone is 1. The lowest BCUT2D eigenvalue weighted by atomic mass is 10.0. The summed E-state index contributed by atoms with van der Waals surface area (Å²) in [6.07, 6.45) is 1.55. The molecule has 0 saturated carbocycles. The van der Waals surface area contributed by atoms with Crippen LogP contribution >= 0.6 is 22.6 Å². The van der Waals surface area contributed by atoms with Gasteiger partial charge in [-0.15, -0.1) is 0 Å². The predicted molar refractivity (Wildman–Crippen MR) is 103 cm³/mol. The number of carbonyl (C=O) groups is 1. The number of carboxylic acid groups (broad SMARTS) is 1. The minimum atomic E-state index is -1.10. The fourth-order valence-electron chi connectivity index (χ4n) is 2.22. The van der Waals surface area contributed by atoms with Crippen molar-refractivity contribution in [3.63, 3.8) is 0 Å². The van der Waals surface area contributed by atoms with Crippen LogP contribution in [-0.2, 0) is 4.79 Å². The SMILES string of the molecule is CCOc1cc(/C=C(/C#N)c2ccccc2F)cc(I)c1OCC(=O)O. The molecule has 0 unspecified atom stereocenters. The van der Waals surface area contributed by atoms with Crippen molar-refractivity contribution in [2.24, 2.45) is 0 Å². The summed E-state index contributed by atoms with van der Waals surface area (Å²) in [5.74, 6) is -0.908. The van der Waals surface area contributed by atoms with E-state index in [2.05, 4.69) is 0 Å². The van der Waals surface area contributed by atoms with Crippen LogP contribution in [0, 0.1) is 20.7 Å². The molecule has 0 atom stereocenters. The van der Waals surface area contributed by atoms with Gasteiger partial charge in [-0.3, -0.25) is 0 Å². The van der Waals surface area contributed by atoms with Crippen LogP contribution in [0.15, 0.2) is 36.4 Å². The van der Waals surface area contributed by atoms with E-state index in [1.807, 2.05) is 28.7 Å². The number of benzene rings is 2. The third-order valence-corrected chi connectivity index (χ3v) is 4.07. The van der Waals surface area contributed by atoms with Gasteiger partial charge in [-0.25, -0.2) is 9.18 Å². The summed E-state index contributed by atoms with van der Waals surface area (Å²) in [7, 11) is 0. The van der Waals surface area contributed by atoms with Gasteiger partial charge in [-0.05, 0) is 59.4 Å². The molecule has 2 aromatic rings. The predicted octanol–water partition coefficient (Wildman–Crippen LogP) is 4.36. The first-order valence-corrected chi connectivity index (χ1v) is 8.71. The van der Waals surface area contributed by atoms with E-state index in [0.29, 0.717) is 27.2 Å². The Labute approximate surface area is 163 Å². The van der Waals surface area contributed by atoms with Crippen LogP contribution in [0.2, 0.25) is 0 Å². The van der Waals surface area contributed by atoms with E-state index in [1.165, 1.54) is 12.1 Å². The molecule has 0 aliphatic rings. The fraction of sp³-hybridized carbons (Fsp3) is 0.158. The molecule has 0 aliphatic heterocycles. The summed E-state index contributed by atoms with van der Waals surface area (Å²) in [6, 6.07) is 11.4. The summed E-state index contributed by atoms with van der Waals surface area (Å²) in [4.78, 5) is 10.7. The van der Waals surface area contributed by atoms with Crippen molar-refractivity contribution in [3.05, 3.63) is 56.9 Å². The van der Waals surface area contributed by atoms with Gasteiger partial charge >= 0.3 is 5.97 Å². The molecule has 0 bridgehead atoms. The second-order valence-electron chi connectivity index (χ2n) is 5.10. The molecule has 26 heavy (non-hydrogen) atoms. The summed E-state index contributed by atoms with van der Waals surface area (Å²) in [6.45, 7) is 1.64. The van der Waals surface area contributed by atoms with Gasteiger partial charge in [0.15, 0.2) is 18.1 Å². The second kappa shape index (κ2) is 9.20. The van der Waals surface area contributed by atoms with Crippen molar-refractivity contribution in [2.75, 3.05) is 13.2 Å². The molecule has 0 aromatic heterocycles. The van der Waals surface area contributed by atoms with Crippen molar-refractivity contribution < 1.29 is 23.8 Å². The molecule has 1 N–H and O–H groups in total. The lowest BCUT2D eigenvalue weighted by Crippen LogP contribution is -2.11. The van der Waals surface area contributed by atoms with E-state index in [-0.39, 0.29) is 11.1 Å². The number of hydrogen-bond donors (Lipinski definition) is 1. The molecule has 5 nitrogen and oxygen atoms in total. The van der Waals surface area contributed by atoms with Gasteiger partial charge < -0.3 is 14.6 Å². The zero-order chi connectivity index (χ0) is 19.1. The van der Waals surface area contributed by atoms with E-state index in [4.69, 9.17) is 14.6 Å². The normalized spacial score (nSPS) is 10.9. The largest absolute Gasteiger partial charge is 0.490 e. The van der Waals surface area contributed by atoms with Gasteiger partial charge in [-0.1, -0.05) is 18.2 Å². The molecule has 0 aliphatic carbocycles. The molecule has 0 spiro atoms. The second-order valence-corrected chi connectivity index (χ2v) is 6.26. The Kier molecular flexibility index (Phi) is 6.97. The Morgan fingerprint density at radius 3 is 2.69 bits per heavy atom.